The van der Waals surface area contributed by atoms with Gasteiger partial charge in [0.1, 0.15) is 12.4 Å². The first kappa shape index (κ1) is 13.9. The molecule has 0 amide bonds. The summed E-state index contributed by atoms with van der Waals surface area (Å²) < 4.78 is 32.7. The number of fused-ring (bicyclic) bond motifs is 1. The van der Waals surface area contributed by atoms with Crippen molar-refractivity contribution in [3.8, 4) is 5.75 Å². The fraction of sp³-hybridized carbons (Fsp3) is 0.250. The van der Waals surface area contributed by atoms with Gasteiger partial charge in [-0.15, -0.1) is 0 Å². The monoisotopic (exact) mass is 303 g/mol. The summed E-state index contributed by atoms with van der Waals surface area (Å²) in [5.74, 6) is 0.608. The zero-order valence-corrected chi connectivity index (χ0v) is 12.9. The van der Waals surface area contributed by atoms with Crippen molar-refractivity contribution in [3.05, 3.63) is 53.6 Å². The molecular weight excluding hydrogens is 286 g/mol. The summed E-state index contributed by atoms with van der Waals surface area (Å²) in [5.41, 5.74) is 2.65. The maximum Gasteiger partial charge on any atom is 0.264 e. The summed E-state index contributed by atoms with van der Waals surface area (Å²) in [7, 11) is -3.56. The molecule has 0 bridgehead atoms. The van der Waals surface area contributed by atoms with Crippen LogP contribution in [0.2, 0.25) is 0 Å². The Kier molecular flexibility index (Phi) is 3.37. The Bertz CT molecular complexity index is 784. The topological polar surface area (TPSA) is 46.6 Å². The van der Waals surface area contributed by atoms with Crippen molar-refractivity contribution in [1.29, 1.82) is 0 Å². The van der Waals surface area contributed by atoms with Crippen LogP contribution in [-0.2, 0) is 10.0 Å². The highest BCUT2D eigenvalue weighted by molar-refractivity contribution is 7.92. The largest absolute Gasteiger partial charge is 0.489 e. The molecular formula is C16H17NO3S. The minimum Gasteiger partial charge on any atom is -0.489 e. The number of hydrogen-bond donors (Lipinski definition) is 0. The minimum atomic E-state index is -3.56. The predicted molar refractivity (Wildman–Crippen MR) is 82.4 cm³/mol. The van der Waals surface area contributed by atoms with Crippen molar-refractivity contribution in [3.63, 3.8) is 0 Å². The molecule has 5 heteroatoms. The average Bonchev–Trinajstić information content (AvgIpc) is 2.49. The molecule has 21 heavy (non-hydrogen) atoms. The van der Waals surface area contributed by atoms with Gasteiger partial charge in [-0.05, 0) is 49.2 Å². The first-order chi connectivity index (χ1) is 10.00. The van der Waals surface area contributed by atoms with Crippen LogP contribution < -0.4 is 9.04 Å². The summed E-state index contributed by atoms with van der Waals surface area (Å²) in [5, 5.41) is 0. The summed E-state index contributed by atoms with van der Waals surface area (Å²) >= 11 is 0. The molecule has 0 saturated carbocycles. The van der Waals surface area contributed by atoms with E-state index in [2.05, 4.69) is 0 Å². The quantitative estimate of drug-likeness (QED) is 0.857. The Morgan fingerprint density at radius 3 is 2.57 bits per heavy atom. The lowest BCUT2D eigenvalue weighted by Gasteiger charge is -2.30. The number of para-hydroxylation sites is 2. The number of aryl methyl sites for hydroxylation is 2. The van der Waals surface area contributed by atoms with Crippen LogP contribution >= 0.6 is 0 Å². The Morgan fingerprint density at radius 1 is 1.05 bits per heavy atom. The third-order valence-corrected chi connectivity index (χ3v) is 5.56. The predicted octanol–water partition coefficient (Wildman–Crippen LogP) is 2.89. The molecule has 1 aliphatic heterocycles. The second-order valence-corrected chi connectivity index (χ2v) is 7.00. The summed E-state index contributed by atoms with van der Waals surface area (Å²) in [6.07, 6.45) is 0. The van der Waals surface area contributed by atoms with E-state index in [0.717, 1.165) is 11.1 Å². The highest BCUT2D eigenvalue weighted by atomic mass is 32.2. The zero-order chi connectivity index (χ0) is 15.0. The molecule has 0 saturated heterocycles. The Labute approximate surface area is 125 Å². The van der Waals surface area contributed by atoms with E-state index in [-0.39, 0.29) is 0 Å². The first-order valence-electron chi connectivity index (χ1n) is 6.82. The van der Waals surface area contributed by atoms with Gasteiger partial charge in [-0.2, -0.15) is 0 Å². The molecule has 110 valence electrons. The van der Waals surface area contributed by atoms with Gasteiger partial charge in [0.25, 0.3) is 10.0 Å². The molecule has 2 aromatic rings. The second-order valence-electron chi connectivity index (χ2n) is 5.14. The molecule has 1 aliphatic rings. The number of anilines is 1. The lowest BCUT2D eigenvalue weighted by molar-refractivity contribution is 0.316. The molecule has 3 rings (SSSR count). The van der Waals surface area contributed by atoms with Gasteiger partial charge in [-0.25, -0.2) is 8.42 Å². The van der Waals surface area contributed by atoms with Crippen LogP contribution in [0.25, 0.3) is 0 Å². The van der Waals surface area contributed by atoms with E-state index in [9.17, 15) is 8.42 Å². The van der Waals surface area contributed by atoms with Crippen molar-refractivity contribution in [2.75, 3.05) is 17.5 Å². The number of benzene rings is 2. The number of hydrogen-bond acceptors (Lipinski definition) is 3. The van der Waals surface area contributed by atoms with Gasteiger partial charge in [0.2, 0.25) is 0 Å². The Hall–Kier alpha value is -2.01. The van der Waals surface area contributed by atoms with Gasteiger partial charge in [-0.3, -0.25) is 4.31 Å². The molecule has 0 atom stereocenters. The maximum atomic E-state index is 12.9. The van der Waals surface area contributed by atoms with Gasteiger partial charge >= 0.3 is 0 Å². The van der Waals surface area contributed by atoms with E-state index in [0.29, 0.717) is 29.5 Å². The van der Waals surface area contributed by atoms with Crippen molar-refractivity contribution in [2.24, 2.45) is 0 Å². The second kappa shape index (κ2) is 5.07. The number of ether oxygens (including phenoxy) is 1. The zero-order valence-electron chi connectivity index (χ0n) is 12.0. The fourth-order valence-electron chi connectivity index (χ4n) is 2.40. The van der Waals surface area contributed by atoms with Crippen molar-refractivity contribution in [1.82, 2.24) is 0 Å². The number of nitrogens with zero attached hydrogens (tertiary/aromatic N) is 1. The smallest absolute Gasteiger partial charge is 0.264 e. The van der Waals surface area contributed by atoms with Crippen molar-refractivity contribution >= 4 is 15.7 Å². The molecule has 0 N–H and O–H groups in total. The van der Waals surface area contributed by atoms with Crippen LogP contribution in [-0.4, -0.2) is 21.6 Å². The van der Waals surface area contributed by atoms with Crippen molar-refractivity contribution in [2.45, 2.75) is 18.7 Å². The molecule has 0 radical (unpaired) electrons. The van der Waals surface area contributed by atoms with Crippen molar-refractivity contribution < 1.29 is 13.2 Å². The average molecular weight is 303 g/mol. The third-order valence-electron chi connectivity index (χ3n) is 3.75. The lowest BCUT2D eigenvalue weighted by Crippen LogP contribution is -2.37. The van der Waals surface area contributed by atoms with Crippen LogP contribution in [0, 0.1) is 13.8 Å². The number of sulfonamides is 1. The highest BCUT2D eigenvalue weighted by Crippen LogP contribution is 2.35. The lowest BCUT2D eigenvalue weighted by atomic mass is 10.1. The van der Waals surface area contributed by atoms with E-state index < -0.39 is 10.0 Å². The molecule has 0 aliphatic carbocycles. The van der Waals surface area contributed by atoms with Gasteiger partial charge in [0.15, 0.2) is 0 Å². The molecule has 1 heterocycles. The van der Waals surface area contributed by atoms with Crippen LogP contribution in [0.3, 0.4) is 0 Å². The van der Waals surface area contributed by atoms with Gasteiger partial charge in [-0.1, -0.05) is 18.2 Å². The first-order valence-corrected chi connectivity index (χ1v) is 8.26. The molecule has 0 fully saturated rings. The molecule has 4 nitrogen and oxygen atoms in total. The summed E-state index contributed by atoms with van der Waals surface area (Å²) in [6.45, 7) is 4.57. The minimum absolute atomic E-state index is 0.322. The van der Waals surface area contributed by atoms with Gasteiger partial charge < -0.3 is 4.74 Å². The summed E-state index contributed by atoms with van der Waals surface area (Å²) in [4.78, 5) is 0.322. The van der Waals surface area contributed by atoms with E-state index >= 15 is 0 Å². The Morgan fingerprint density at radius 2 is 1.81 bits per heavy atom. The summed E-state index contributed by atoms with van der Waals surface area (Å²) in [6, 6.07) is 12.4. The van der Waals surface area contributed by atoms with Crippen LogP contribution in [0.5, 0.6) is 5.75 Å². The van der Waals surface area contributed by atoms with E-state index in [1.807, 2.05) is 32.0 Å². The highest BCUT2D eigenvalue weighted by Gasteiger charge is 2.29. The molecule has 2 aromatic carbocycles. The molecule has 0 unspecified atom stereocenters. The maximum absolute atomic E-state index is 12.9. The van der Waals surface area contributed by atoms with E-state index in [1.165, 1.54) is 4.31 Å². The van der Waals surface area contributed by atoms with Crippen LogP contribution in [0.1, 0.15) is 11.1 Å². The third kappa shape index (κ3) is 2.38. The van der Waals surface area contributed by atoms with Crippen LogP contribution in [0.15, 0.2) is 47.4 Å². The normalized spacial score (nSPS) is 14.5. The van der Waals surface area contributed by atoms with Gasteiger partial charge in [0, 0.05) is 0 Å². The SMILES string of the molecule is Cc1ccc(S(=O)(=O)N2CCOc3ccccc32)cc1C. The standard InChI is InChI=1S/C16H17NO3S/c1-12-7-8-14(11-13(12)2)21(18,19)17-9-10-20-16-6-4-3-5-15(16)17/h3-8,11H,9-10H2,1-2H3. The fourth-order valence-corrected chi connectivity index (χ4v) is 3.94. The van der Waals surface area contributed by atoms with E-state index in [1.54, 1.807) is 24.3 Å². The van der Waals surface area contributed by atoms with Gasteiger partial charge in [0.05, 0.1) is 17.1 Å². The Balaban J connectivity index is 2.09. The molecule has 0 spiro atoms. The van der Waals surface area contributed by atoms with Crippen LogP contribution in [0.4, 0.5) is 5.69 Å². The number of rotatable bonds is 2. The van der Waals surface area contributed by atoms with E-state index in [4.69, 9.17) is 4.74 Å². The molecule has 0 aromatic heterocycles.